The summed E-state index contributed by atoms with van der Waals surface area (Å²) in [6, 6.07) is 0. The molecule has 62 valence electrons. The second-order valence-corrected chi connectivity index (χ2v) is 0.289. The first-order valence-corrected chi connectivity index (χ1v) is 2.12. The first kappa shape index (κ1) is 54.3. The molecule has 0 saturated carbocycles. The molecule has 2 N–H and O–H groups in total. The summed E-state index contributed by atoms with van der Waals surface area (Å²) in [6.07, 6.45) is 0. The standard InChI is InChI=1S/C2H6N.4CH3.O.Zr/c1-2-3;;;;;;/h1-3H2;4*1H3;;/q5*-1;;. The third-order valence-electron chi connectivity index (χ3n) is 0. The van der Waals surface area contributed by atoms with Crippen LogP contribution >= 0.6 is 0 Å². The van der Waals surface area contributed by atoms with Gasteiger partial charge in [0, 0.05) is 0 Å². The Bertz CT molecular complexity index is 17.0. The number of nitrogens with two attached hydrogens (primary N) is 1. The van der Waals surface area contributed by atoms with Crippen molar-refractivity contribution in [3.63, 3.8) is 0 Å². The molecule has 0 aromatic rings. The predicted octanol–water partition coefficient (Wildman–Crippen LogP) is 1.46. The molecule has 0 atom stereocenters. The molecule has 0 heterocycles. The molecule has 0 unspecified atom stereocenters. The SMILES string of the molecule is [CH2-]CN.[CH3-].[CH3-].[CH3-].[CH3-].[O]=[Zr]. The molecule has 2 nitrogen and oxygen atoms in total. The van der Waals surface area contributed by atoms with Crippen LogP contribution in [0.1, 0.15) is 0 Å². The van der Waals surface area contributed by atoms with Crippen molar-refractivity contribution in [1.82, 2.24) is 0 Å². The average molecular weight is 211 g/mol. The van der Waals surface area contributed by atoms with E-state index in [-0.39, 0.29) is 29.7 Å². The van der Waals surface area contributed by atoms with Crippen LogP contribution in [0.2, 0.25) is 0 Å². The third kappa shape index (κ3) is 922. The number of rotatable bonds is 0. The number of hydrogen-bond acceptors (Lipinski definition) is 2. The molecule has 0 aliphatic heterocycles. The van der Waals surface area contributed by atoms with E-state index in [0.29, 0.717) is 31.3 Å². The number of hydrogen-bond donors (Lipinski definition) is 1. The summed E-state index contributed by atoms with van der Waals surface area (Å²) >= 11 is 0.300. The minimum absolute atomic E-state index is 0. The minimum atomic E-state index is 0. The fraction of sp³-hybridized carbons (Fsp3) is 0.167. The Morgan fingerprint density at radius 2 is 1.11 bits per heavy atom. The Balaban J connectivity index is -0.00000000357. The molecule has 3 heteroatoms. The van der Waals surface area contributed by atoms with E-state index >= 15 is 0 Å². The second-order valence-electron chi connectivity index (χ2n) is 0.289. The van der Waals surface area contributed by atoms with Gasteiger partial charge in [-0.15, -0.1) is 6.54 Å². The molecule has 0 radical (unpaired) electrons. The summed E-state index contributed by atoms with van der Waals surface area (Å²) in [5.41, 5.74) is 4.74. The predicted molar refractivity (Wildman–Crippen MR) is 40.8 cm³/mol. The van der Waals surface area contributed by atoms with Crippen LogP contribution in [0.15, 0.2) is 0 Å². The Kier molecular flexibility index (Phi) is 1130. The van der Waals surface area contributed by atoms with Crippen molar-refractivity contribution in [1.29, 1.82) is 0 Å². The van der Waals surface area contributed by atoms with Crippen LogP contribution in [0.25, 0.3) is 0 Å². The molecule has 0 aromatic carbocycles. The summed E-state index contributed by atoms with van der Waals surface area (Å²) in [7, 11) is 0. The van der Waals surface area contributed by atoms with E-state index in [0.717, 1.165) is 0 Å². The van der Waals surface area contributed by atoms with Gasteiger partial charge in [0.1, 0.15) is 0 Å². The van der Waals surface area contributed by atoms with E-state index in [4.69, 9.17) is 8.55 Å². The maximum atomic E-state index is 8.34. The van der Waals surface area contributed by atoms with Crippen molar-refractivity contribution in [3.8, 4) is 0 Å². The fourth-order valence-electron chi connectivity index (χ4n) is 0. The van der Waals surface area contributed by atoms with Gasteiger partial charge in [-0.2, -0.15) is 0 Å². The zero-order valence-electron chi connectivity index (χ0n) is 6.90. The van der Waals surface area contributed by atoms with E-state index in [9.17, 15) is 0 Å². The van der Waals surface area contributed by atoms with Crippen molar-refractivity contribution >= 4 is 0 Å². The monoisotopic (exact) mass is 210 g/mol. The molecule has 0 fully saturated rings. The third-order valence-corrected chi connectivity index (χ3v) is 0. The summed E-state index contributed by atoms with van der Waals surface area (Å²) in [6.45, 7) is 3.76. The van der Waals surface area contributed by atoms with Crippen molar-refractivity contribution in [3.05, 3.63) is 36.6 Å². The van der Waals surface area contributed by atoms with Crippen LogP contribution in [-0.4, -0.2) is 6.54 Å². The summed E-state index contributed by atoms with van der Waals surface area (Å²) < 4.78 is 8.34. The molecule has 9 heavy (non-hydrogen) atoms. The van der Waals surface area contributed by atoms with E-state index in [2.05, 4.69) is 6.92 Å². The van der Waals surface area contributed by atoms with Crippen LogP contribution in [0, 0.1) is 36.6 Å². The summed E-state index contributed by atoms with van der Waals surface area (Å²) in [4.78, 5) is 0. The molecule has 0 bridgehead atoms. The van der Waals surface area contributed by atoms with Crippen LogP contribution in [-0.2, 0) is 27.5 Å². The molecule has 0 aliphatic carbocycles. The van der Waals surface area contributed by atoms with Gasteiger partial charge in [-0.25, -0.2) is 0 Å². The average Bonchev–Trinajstić information content (AvgIpc) is 1.46. The topological polar surface area (TPSA) is 43.1 Å². The maximum absolute atomic E-state index is 8.34. The molecular weight excluding hydrogens is 193 g/mol. The van der Waals surface area contributed by atoms with Gasteiger partial charge in [0.25, 0.3) is 0 Å². The fourth-order valence-corrected chi connectivity index (χ4v) is 0. The van der Waals surface area contributed by atoms with Crippen LogP contribution < -0.4 is 5.73 Å². The second kappa shape index (κ2) is 187. The Hall–Kier alpha value is 0.643. The first-order chi connectivity index (χ1) is 2.41. The molecule has 0 spiro atoms. The van der Waals surface area contributed by atoms with Gasteiger partial charge in [0.15, 0.2) is 0 Å². The van der Waals surface area contributed by atoms with E-state index < -0.39 is 0 Å². The normalized spacial score (nSPS) is 2.33. The Morgan fingerprint density at radius 1 is 1.11 bits per heavy atom. The quantitative estimate of drug-likeness (QED) is 0.617. The molecular formula is C6H18NOZr-5. The van der Waals surface area contributed by atoms with Gasteiger partial charge in [-0.05, 0) is 0 Å². The van der Waals surface area contributed by atoms with Crippen molar-refractivity contribution in [2.24, 2.45) is 5.73 Å². The van der Waals surface area contributed by atoms with Gasteiger partial charge in [-0.1, -0.05) is 0 Å². The van der Waals surface area contributed by atoms with E-state index in [1.165, 1.54) is 0 Å². The van der Waals surface area contributed by atoms with E-state index in [1.807, 2.05) is 0 Å². The van der Waals surface area contributed by atoms with Crippen molar-refractivity contribution in [2.75, 3.05) is 6.54 Å². The van der Waals surface area contributed by atoms with Crippen molar-refractivity contribution in [2.45, 2.75) is 0 Å². The molecule has 0 amide bonds. The van der Waals surface area contributed by atoms with Crippen molar-refractivity contribution < 1.29 is 27.5 Å². The van der Waals surface area contributed by atoms with Crippen LogP contribution in [0.5, 0.6) is 0 Å². The van der Waals surface area contributed by atoms with Gasteiger partial charge >= 0.3 is 27.5 Å². The van der Waals surface area contributed by atoms with E-state index in [1.54, 1.807) is 0 Å². The Labute approximate surface area is 76.5 Å². The first-order valence-electron chi connectivity index (χ1n) is 1.11. The van der Waals surface area contributed by atoms with Gasteiger partial charge in [-0.3, -0.25) is 0 Å². The summed E-state index contributed by atoms with van der Waals surface area (Å²) in [5, 5.41) is 0. The van der Waals surface area contributed by atoms with Gasteiger partial charge in [0.05, 0.1) is 0 Å². The zero-order valence-corrected chi connectivity index (χ0v) is 9.36. The molecule has 0 rings (SSSR count). The van der Waals surface area contributed by atoms with Crippen LogP contribution in [0.3, 0.4) is 0 Å². The summed E-state index contributed by atoms with van der Waals surface area (Å²) in [5.74, 6) is 0. The molecule has 0 aromatic heterocycles. The zero-order chi connectivity index (χ0) is 4.71. The molecule has 0 saturated heterocycles. The van der Waals surface area contributed by atoms with Gasteiger partial charge < -0.3 is 42.4 Å². The van der Waals surface area contributed by atoms with Crippen LogP contribution in [0.4, 0.5) is 0 Å². The van der Waals surface area contributed by atoms with Gasteiger partial charge in [0.2, 0.25) is 0 Å². The Morgan fingerprint density at radius 3 is 1.11 bits per heavy atom. The molecule has 0 aliphatic rings.